The van der Waals surface area contributed by atoms with Gasteiger partial charge in [0.15, 0.2) is 22.5 Å². The molecule has 172 valence electrons. The normalized spacial score (nSPS) is 10.5. The molecule has 0 bridgehead atoms. The number of para-hydroxylation sites is 2. The fourth-order valence-corrected chi connectivity index (χ4v) is 3.70. The predicted molar refractivity (Wildman–Crippen MR) is 125 cm³/mol. The van der Waals surface area contributed by atoms with Crippen molar-refractivity contribution >= 4 is 29.0 Å². The fraction of sp³-hybridized carbons (Fsp3) is 0.227. The Hall–Kier alpha value is -3.86. The van der Waals surface area contributed by atoms with E-state index in [4.69, 9.17) is 9.47 Å². The number of nitrogens with one attached hydrogen (secondary N) is 1. The van der Waals surface area contributed by atoms with Crippen LogP contribution in [-0.4, -0.2) is 38.5 Å². The topological polar surface area (TPSA) is 121 Å². The number of nitro benzene ring substituents is 1. The lowest BCUT2D eigenvalue weighted by Gasteiger charge is -2.11. The van der Waals surface area contributed by atoms with Crippen LogP contribution in [0.25, 0.3) is 0 Å². The van der Waals surface area contributed by atoms with E-state index in [0.717, 1.165) is 0 Å². The van der Waals surface area contributed by atoms with Gasteiger partial charge in [0.05, 0.1) is 17.8 Å². The summed E-state index contributed by atoms with van der Waals surface area (Å²) >= 11 is 1.19. The summed E-state index contributed by atoms with van der Waals surface area (Å²) in [7, 11) is 1.57. The number of aromatic nitrogens is 3. The molecule has 2 aromatic carbocycles. The Morgan fingerprint density at radius 1 is 1.27 bits per heavy atom. The van der Waals surface area contributed by atoms with Crippen molar-refractivity contribution < 1.29 is 19.2 Å². The molecule has 0 aliphatic rings. The van der Waals surface area contributed by atoms with Crippen molar-refractivity contribution in [3.8, 4) is 11.5 Å². The van der Waals surface area contributed by atoms with Crippen LogP contribution in [0, 0.1) is 17.0 Å². The predicted octanol–water partition coefficient (Wildman–Crippen LogP) is 4.00. The second kappa shape index (κ2) is 11.1. The monoisotopic (exact) mass is 469 g/mol. The lowest BCUT2D eigenvalue weighted by molar-refractivity contribution is -0.385. The molecule has 3 aromatic rings. The van der Waals surface area contributed by atoms with Gasteiger partial charge in [0, 0.05) is 23.9 Å². The summed E-state index contributed by atoms with van der Waals surface area (Å²) in [4.78, 5) is 23.0. The first-order valence-electron chi connectivity index (χ1n) is 9.89. The quantitative estimate of drug-likeness (QED) is 0.194. The van der Waals surface area contributed by atoms with Gasteiger partial charge in [-0.05, 0) is 25.1 Å². The van der Waals surface area contributed by atoms with Gasteiger partial charge >= 0.3 is 0 Å². The van der Waals surface area contributed by atoms with Gasteiger partial charge in [0.25, 0.3) is 5.69 Å². The lowest BCUT2D eigenvalue weighted by atomic mass is 10.2. The zero-order valence-corrected chi connectivity index (χ0v) is 19.0. The largest absolute Gasteiger partial charge is 0.493 e. The number of nitrogens with zero attached hydrogens (tertiary/aromatic N) is 4. The van der Waals surface area contributed by atoms with E-state index in [1.807, 2.05) is 12.1 Å². The second-order valence-corrected chi connectivity index (χ2v) is 7.78. The van der Waals surface area contributed by atoms with Crippen LogP contribution in [0.3, 0.4) is 0 Å². The number of anilines is 1. The van der Waals surface area contributed by atoms with E-state index >= 15 is 0 Å². The molecule has 1 heterocycles. The Labute approximate surface area is 194 Å². The Kier molecular flexibility index (Phi) is 8.03. The average molecular weight is 470 g/mol. The number of carbonyl (C=O) groups is 1. The van der Waals surface area contributed by atoms with E-state index in [-0.39, 0.29) is 24.0 Å². The number of methoxy groups -OCH3 is 1. The molecule has 3 rings (SSSR count). The first-order chi connectivity index (χ1) is 15.9. The van der Waals surface area contributed by atoms with Crippen molar-refractivity contribution in [3.05, 3.63) is 76.6 Å². The molecule has 0 saturated heterocycles. The molecule has 0 radical (unpaired) electrons. The molecule has 0 spiro atoms. The molecule has 1 N–H and O–H groups in total. The fourth-order valence-electron chi connectivity index (χ4n) is 2.94. The average Bonchev–Trinajstić information content (AvgIpc) is 3.19. The molecule has 0 atom stereocenters. The highest BCUT2D eigenvalue weighted by molar-refractivity contribution is 7.99. The zero-order chi connectivity index (χ0) is 23.8. The van der Waals surface area contributed by atoms with E-state index in [0.29, 0.717) is 40.3 Å². The number of carbonyl (C=O) groups excluding carboxylic acids is 1. The number of amides is 1. The Morgan fingerprint density at radius 2 is 2.03 bits per heavy atom. The third-order valence-corrected chi connectivity index (χ3v) is 5.52. The summed E-state index contributed by atoms with van der Waals surface area (Å²) in [5, 5.41) is 22.6. The molecular formula is C22H23N5O5S. The molecule has 0 saturated carbocycles. The molecule has 11 heteroatoms. The first kappa shape index (κ1) is 23.8. The molecule has 33 heavy (non-hydrogen) atoms. The van der Waals surface area contributed by atoms with E-state index in [1.165, 1.54) is 17.8 Å². The molecule has 10 nitrogen and oxygen atoms in total. The maximum Gasteiger partial charge on any atom is 0.274 e. The molecule has 1 aromatic heterocycles. The Bertz CT molecular complexity index is 1160. The second-order valence-electron chi connectivity index (χ2n) is 6.83. The van der Waals surface area contributed by atoms with Gasteiger partial charge in [-0.15, -0.1) is 16.8 Å². The molecule has 0 fully saturated rings. The number of hydrogen-bond donors (Lipinski definition) is 1. The number of thioether (sulfide) groups is 1. The molecule has 0 aliphatic carbocycles. The van der Waals surface area contributed by atoms with Crippen LogP contribution < -0.4 is 14.8 Å². The Morgan fingerprint density at radius 3 is 2.73 bits per heavy atom. The van der Waals surface area contributed by atoms with Crippen molar-refractivity contribution in [2.24, 2.45) is 0 Å². The van der Waals surface area contributed by atoms with Gasteiger partial charge in [-0.3, -0.25) is 19.5 Å². The SMILES string of the molecule is C=CCn1c(COc2ccccc2OC)nnc1SCC(=O)Nc1ccc(C)c([N+](=O)[O-])c1. The van der Waals surface area contributed by atoms with E-state index in [2.05, 4.69) is 22.1 Å². The third-order valence-electron chi connectivity index (χ3n) is 4.55. The number of nitro groups is 1. The summed E-state index contributed by atoms with van der Waals surface area (Å²) in [6, 6.07) is 11.8. The van der Waals surface area contributed by atoms with Crippen molar-refractivity contribution in [1.82, 2.24) is 14.8 Å². The Balaban J connectivity index is 1.64. The molecule has 0 unspecified atom stereocenters. The van der Waals surface area contributed by atoms with E-state index in [1.54, 1.807) is 48.9 Å². The standard InChI is InChI=1S/C22H23N5O5S/c1-4-11-26-20(13-32-19-8-6-5-7-18(19)31-3)24-25-22(26)33-14-21(28)23-16-10-9-15(2)17(12-16)27(29)30/h4-10,12H,1,11,13-14H2,2-3H3,(H,23,28). The summed E-state index contributed by atoms with van der Waals surface area (Å²) in [6.07, 6.45) is 1.70. The van der Waals surface area contributed by atoms with Crippen LogP contribution >= 0.6 is 11.8 Å². The van der Waals surface area contributed by atoms with Crippen molar-refractivity contribution in [3.63, 3.8) is 0 Å². The van der Waals surface area contributed by atoms with Gasteiger partial charge in [-0.25, -0.2) is 0 Å². The number of rotatable bonds is 11. The van der Waals surface area contributed by atoms with Crippen molar-refractivity contribution in [2.75, 3.05) is 18.2 Å². The highest BCUT2D eigenvalue weighted by Crippen LogP contribution is 2.27. The van der Waals surface area contributed by atoms with E-state index < -0.39 is 4.92 Å². The van der Waals surface area contributed by atoms with Crippen LogP contribution in [0.15, 0.2) is 60.3 Å². The number of allylic oxidation sites excluding steroid dienone is 1. The highest BCUT2D eigenvalue weighted by Gasteiger charge is 2.16. The van der Waals surface area contributed by atoms with Crippen LogP contribution in [-0.2, 0) is 17.9 Å². The van der Waals surface area contributed by atoms with Crippen LogP contribution in [0.5, 0.6) is 11.5 Å². The van der Waals surface area contributed by atoms with Crippen LogP contribution in [0.4, 0.5) is 11.4 Å². The maximum absolute atomic E-state index is 12.4. The van der Waals surface area contributed by atoms with Gasteiger partial charge in [-0.2, -0.15) is 0 Å². The van der Waals surface area contributed by atoms with Gasteiger partial charge in [0.2, 0.25) is 5.91 Å². The first-order valence-corrected chi connectivity index (χ1v) is 10.9. The minimum Gasteiger partial charge on any atom is -0.493 e. The smallest absolute Gasteiger partial charge is 0.274 e. The van der Waals surface area contributed by atoms with Crippen molar-refractivity contribution in [1.29, 1.82) is 0 Å². The summed E-state index contributed by atoms with van der Waals surface area (Å²) in [5.41, 5.74) is 0.829. The van der Waals surface area contributed by atoms with E-state index in [9.17, 15) is 14.9 Å². The van der Waals surface area contributed by atoms with Gasteiger partial charge < -0.3 is 14.8 Å². The number of benzene rings is 2. The highest BCUT2D eigenvalue weighted by atomic mass is 32.2. The van der Waals surface area contributed by atoms with Crippen LogP contribution in [0.2, 0.25) is 0 Å². The molecule has 1 amide bonds. The van der Waals surface area contributed by atoms with Crippen LogP contribution in [0.1, 0.15) is 11.4 Å². The summed E-state index contributed by atoms with van der Waals surface area (Å²) in [5.74, 6) is 1.48. The zero-order valence-electron chi connectivity index (χ0n) is 18.2. The number of aryl methyl sites for hydroxylation is 1. The molecule has 0 aliphatic heterocycles. The number of ether oxygens (including phenoxy) is 2. The lowest BCUT2D eigenvalue weighted by Crippen LogP contribution is -2.15. The van der Waals surface area contributed by atoms with Crippen molar-refractivity contribution in [2.45, 2.75) is 25.2 Å². The number of hydrogen-bond acceptors (Lipinski definition) is 8. The summed E-state index contributed by atoms with van der Waals surface area (Å²) in [6.45, 7) is 5.99. The minimum atomic E-state index is -0.480. The third kappa shape index (κ3) is 6.10. The minimum absolute atomic E-state index is 0.0459. The van der Waals surface area contributed by atoms with Gasteiger partial charge in [0.1, 0.15) is 6.61 Å². The maximum atomic E-state index is 12.4. The molecular weight excluding hydrogens is 446 g/mol. The van der Waals surface area contributed by atoms with Gasteiger partial charge in [-0.1, -0.05) is 36.0 Å². The summed E-state index contributed by atoms with van der Waals surface area (Å²) < 4.78 is 12.9.